The molecule has 2 rings (SSSR count). The highest BCUT2D eigenvalue weighted by Crippen LogP contribution is 2.29. The third kappa shape index (κ3) is 1.11. The van der Waals surface area contributed by atoms with Crippen LogP contribution in [0, 0.1) is 23.0 Å². The number of H-pyrrole nitrogens is 1. The van der Waals surface area contributed by atoms with Gasteiger partial charge in [0.15, 0.2) is 5.82 Å². The van der Waals surface area contributed by atoms with Gasteiger partial charge < -0.3 is 4.98 Å². The fourth-order valence-corrected chi connectivity index (χ4v) is 1.60. The lowest BCUT2D eigenvalue weighted by molar-refractivity contribution is 0.580. The van der Waals surface area contributed by atoms with Crippen molar-refractivity contribution in [3.63, 3.8) is 0 Å². The first-order valence-corrected chi connectivity index (χ1v) is 4.49. The van der Waals surface area contributed by atoms with Crippen molar-refractivity contribution < 1.29 is 8.78 Å². The molecule has 0 radical (unpaired) electrons. The molecule has 2 nitrogen and oxygen atoms in total. The van der Waals surface area contributed by atoms with Crippen LogP contribution in [-0.2, 0) is 0 Å². The molecular weight excluding hydrogens is 254 g/mol. The number of benzene rings is 1. The van der Waals surface area contributed by atoms with E-state index in [-0.39, 0.29) is 20.9 Å². The summed E-state index contributed by atoms with van der Waals surface area (Å²) < 4.78 is 26.3. The molecule has 1 aromatic heterocycles. The fraction of sp³-hybridized carbons (Fsp3) is 0. The minimum atomic E-state index is -0.752. The lowest BCUT2D eigenvalue weighted by Crippen LogP contribution is -1.86. The Labute approximate surface area is 86.3 Å². The number of aromatic nitrogens is 1. The fourth-order valence-electron chi connectivity index (χ4n) is 1.28. The van der Waals surface area contributed by atoms with Gasteiger partial charge in [0.2, 0.25) is 0 Å². The van der Waals surface area contributed by atoms with Gasteiger partial charge in [-0.2, -0.15) is 5.26 Å². The first-order chi connectivity index (χ1) is 6.65. The van der Waals surface area contributed by atoms with Crippen LogP contribution >= 0.6 is 15.9 Å². The average molecular weight is 257 g/mol. The van der Waals surface area contributed by atoms with Gasteiger partial charge in [0.05, 0.1) is 20.9 Å². The van der Waals surface area contributed by atoms with E-state index in [1.807, 2.05) is 6.07 Å². The average Bonchev–Trinajstić information content (AvgIpc) is 2.57. The molecule has 1 N–H and O–H groups in total. The van der Waals surface area contributed by atoms with Crippen molar-refractivity contribution in [3.05, 3.63) is 33.9 Å². The number of halogens is 3. The van der Waals surface area contributed by atoms with Crippen LogP contribution < -0.4 is 0 Å². The summed E-state index contributed by atoms with van der Waals surface area (Å²) in [6.45, 7) is 0. The number of nitriles is 1. The highest BCUT2D eigenvalue weighted by Gasteiger charge is 2.15. The van der Waals surface area contributed by atoms with Crippen LogP contribution in [-0.4, -0.2) is 4.98 Å². The molecule has 0 atom stereocenters. The predicted octanol–water partition coefficient (Wildman–Crippen LogP) is 3.08. The Balaban J connectivity index is 2.97. The molecule has 70 valence electrons. The molecule has 0 amide bonds. The summed E-state index contributed by atoms with van der Waals surface area (Å²) >= 11 is 2.77. The molecule has 0 fully saturated rings. The van der Waals surface area contributed by atoms with Gasteiger partial charge in [-0.1, -0.05) is 0 Å². The van der Waals surface area contributed by atoms with E-state index in [0.29, 0.717) is 0 Å². The molecular formula is C9H3BrF2N2. The van der Waals surface area contributed by atoms with Crippen LogP contribution in [0.15, 0.2) is 16.7 Å². The number of rotatable bonds is 0. The summed E-state index contributed by atoms with van der Waals surface area (Å²) in [6, 6.07) is 2.97. The molecule has 14 heavy (non-hydrogen) atoms. The number of fused-ring (bicyclic) bond motifs is 1. The molecule has 0 aliphatic rings. The van der Waals surface area contributed by atoms with Crippen molar-refractivity contribution in [3.8, 4) is 6.07 Å². The van der Waals surface area contributed by atoms with Crippen molar-refractivity contribution in [2.45, 2.75) is 0 Å². The Morgan fingerprint density at radius 2 is 2.14 bits per heavy atom. The van der Waals surface area contributed by atoms with Gasteiger partial charge in [-0.05, 0) is 22.0 Å². The SMILES string of the molecule is N#Cc1c[nH]c2cc(F)c(Br)c(F)c12. The zero-order valence-corrected chi connectivity index (χ0v) is 8.32. The third-order valence-corrected chi connectivity index (χ3v) is 2.65. The van der Waals surface area contributed by atoms with Crippen molar-refractivity contribution in [1.82, 2.24) is 4.98 Å². The minimum Gasteiger partial charge on any atom is -0.360 e. The number of aromatic amines is 1. The minimum absolute atomic E-state index is 0.112. The Hall–Kier alpha value is -1.41. The predicted molar refractivity (Wildman–Crippen MR) is 50.6 cm³/mol. The molecule has 5 heteroatoms. The van der Waals surface area contributed by atoms with E-state index in [4.69, 9.17) is 5.26 Å². The maximum Gasteiger partial charge on any atom is 0.151 e. The van der Waals surface area contributed by atoms with Crippen LogP contribution in [0.1, 0.15) is 5.56 Å². The van der Waals surface area contributed by atoms with Gasteiger partial charge in [-0.3, -0.25) is 0 Å². The van der Waals surface area contributed by atoms with E-state index < -0.39 is 11.6 Å². The van der Waals surface area contributed by atoms with Gasteiger partial charge in [-0.25, -0.2) is 8.78 Å². The van der Waals surface area contributed by atoms with E-state index in [1.54, 1.807) is 0 Å². The summed E-state index contributed by atoms with van der Waals surface area (Å²) in [6.07, 6.45) is 1.35. The second-order valence-electron chi connectivity index (χ2n) is 2.72. The van der Waals surface area contributed by atoms with Crippen LogP contribution in [0.2, 0.25) is 0 Å². The van der Waals surface area contributed by atoms with Gasteiger partial charge in [-0.15, -0.1) is 0 Å². The van der Waals surface area contributed by atoms with Crippen molar-refractivity contribution in [2.75, 3.05) is 0 Å². The monoisotopic (exact) mass is 256 g/mol. The van der Waals surface area contributed by atoms with Gasteiger partial charge in [0.25, 0.3) is 0 Å². The topological polar surface area (TPSA) is 39.6 Å². The summed E-state index contributed by atoms with van der Waals surface area (Å²) in [5.74, 6) is -1.45. The zero-order chi connectivity index (χ0) is 10.3. The molecule has 0 saturated heterocycles. The summed E-state index contributed by atoms with van der Waals surface area (Å²) in [4.78, 5) is 2.62. The summed E-state index contributed by atoms with van der Waals surface area (Å²) in [5, 5.41) is 8.78. The highest BCUT2D eigenvalue weighted by molar-refractivity contribution is 9.10. The zero-order valence-electron chi connectivity index (χ0n) is 6.74. The molecule has 0 aliphatic heterocycles. The van der Waals surface area contributed by atoms with Gasteiger partial charge in [0, 0.05) is 6.20 Å². The molecule has 0 bridgehead atoms. The first kappa shape index (κ1) is 9.16. The largest absolute Gasteiger partial charge is 0.360 e. The normalized spacial score (nSPS) is 10.4. The Morgan fingerprint density at radius 3 is 2.79 bits per heavy atom. The standard InChI is InChI=1S/C9H3BrF2N2/c10-8-5(11)1-6-7(9(8)12)4(2-13)3-14-6/h1,3,14H. The molecule has 0 aliphatic carbocycles. The quantitative estimate of drug-likeness (QED) is 0.723. The van der Waals surface area contributed by atoms with E-state index in [9.17, 15) is 8.78 Å². The number of hydrogen-bond acceptors (Lipinski definition) is 1. The Bertz CT molecular complexity index is 554. The molecule has 0 spiro atoms. The van der Waals surface area contributed by atoms with Gasteiger partial charge >= 0.3 is 0 Å². The van der Waals surface area contributed by atoms with Crippen LogP contribution in [0.25, 0.3) is 10.9 Å². The van der Waals surface area contributed by atoms with E-state index in [2.05, 4.69) is 20.9 Å². The second kappa shape index (κ2) is 3.07. The summed E-state index contributed by atoms with van der Waals surface area (Å²) in [7, 11) is 0. The molecule has 1 heterocycles. The van der Waals surface area contributed by atoms with Gasteiger partial charge in [0.1, 0.15) is 11.9 Å². The Morgan fingerprint density at radius 1 is 1.43 bits per heavy atom. The lowest BCUT2D eigenvalue weighted by Gasteiger charge is -1.98. The maximum absolute atomic E-state index is 13.5. The number of hydrogen-bond donors (Lipinski definition) is 1. The smallest absolute Gasteiger partial charge is 0.151 e. The van der Waals surface area contributed by atoms with Crippen LogP contribution in [0.4, 0.5) is 8.78 Å². The number of nitrogens with one attached hydrogen (secondary N) is 1. The third-order valence-electron chi connectivity index (χ3n) is 1.92. The van der Waals surface area contributed by atoms with Crippen LogP contribution in [0.5, 0.6) is 0 Å². The molecule has 1 aromatic carbocycles. The maximum atomic E-state index is 13.5. The second-order valence-corrected chi connectivity index (χ2v) is 3.52. The molecule has 0 unspecified atom stereocenters. The molecule has 0 saturated carbocycles. The van der Waals surface area contributed by atoms with E-state index in [1.165, 1.54) is 6.20 Å². The highest BCUT2D eigenvalue weighted by atomic mass is 79.9. The van der Waals surface area contributed by atoms with E-state index >= 15 is 0 Å². The van der Waals surface area contributed by atoms with Crippen molar-refractivity contribution in [2.24, 2.45) is 0 Å². The van der Waals surface area contributed by atoms with Crippen molar-refractivity contribution in [1.29, 1.82) is 5.26 Å². The summed E-state index contributed by atoms with van der Waals surface area (Å²) in [5.41, 5.74) is 0.443. The van der Waals surface area contributed by atoms with E-state index in [0.717, 1.165) is 6.07 Å². The van der Waals surface area contributed by atoms with Crippen LogP contribution in [0.3, 0.4) is 0 Å². The Kier molecular flexibility index (Phi) is 2.01. The molecule has 2 aromatic rings. The van der Waals surface area contributed by atoms with Crippen molar-refractivity contribution >= 4 is 26.8 Å². The lowest BCUT2D eigenvalue weighted by atomic mass is 10.2. The number of nitrogens with zero attached hydrogens (tertiary/aromatic N) is 1. The first-order valence-electron chi connectivity index (χ1n) is 3.70.